The topological polar surface area (TPSA) is 81.3 Å². The molecule has 0 unspecified atom stereocenters. The standard InChI is InChI=1S/C4H7N.HO3P/c1-4(2)3-5;1-4(2)3/h4H,1-2H3;(H-,1,2,3)/p+1. The van der Waals surface area contributed by atoms with Gasteiger partial charge in [0.2, 0.25) is 0 Å². The van der Waals surface area contributed by atoms with Gasteiger partial charge in [-0.05, 0) is 13.8 Å². The lowest BCUT2D eigenvalue weighted by molar-refractivity contribution is 0.405. The summed E-state index contributed by atoms with van der Waals surface area (Å²) < 4.78 is 8.70. The molecule has 52 valence electrons. The number of hydrogen-bond donors (Lipinski definition) is 2. The van der Waals surface area contributed by atoms with Crippen LogP contribution in [0.5, 0.6) is 0 Å². The monoisotopic (exact) mass is 150 g/mol. The number of nitriles is 1. The highest BCUT2D eigenvalue weighted by Gasteiger charge is 1.93. The van der Waals surface area contributed by atoms with Crippen molar-refractivity contribution in [1.29, 1.82) is 5.26 Å². The third-order valence-electron chi connectivity index (χ3n) is 0.258. The van der Waals surface area contributed by atoms with Gasteiger partial charge in [0.05, 0.1) is 6.07 Å². The van der Waals surface area contributed by atoms with E-state index < -0.39 is 8.25 Å². The second-order valence-corrected chi connectivity index (χ2v) is 2.04. The lowest BCUT2D eigenvalue weighted by Crippen LogP contribution is -1.72. The molecule has 0 rings (SSSR count). The highest BCUT2D eigenvalue weighted by Crippen LogP contribution is 1.98. The van der Waals surface area contributed by atoms with Crippen molar-refractivity contribution in [2.45, 2.75) is 13.8 Å². The molecule has 5 heteroatoms. The Hall–Kier alpha value is -0.490. The highest BCUT2D eigenvalue weighted by atomic mass is 31.1. The summed E-state index contributed by atoms with van der Waals surface area (Å²) in [5, 5.41) is 7.89. The van der Waals surface area contributed by atoms with Crippen LogP contribution in [0.25, 0.3) is 0 Å². The molecule has 9 heavy (non-hydrogen) atoms. The van der Waals surface area contributed by atoms with Crippen molar-refractivity contribution in [3.8, 4) is 6.07 Å². The van der Waals surface area contributed by atoms with Crippen molar-refractivity contribution in [3.63, 3.8) is 0 Å². The van der Waals surface area contributed by atoms with Crippen LogP contribution in [0.2, 0.25) is 0 Å². The Morgan fingerprint density at radius 1 is 1.56 bits per heavy atom. The van der Waals surface area contributed by atoms with Crippen molar-refractivity contribution in [2.24, 2.45) is 5.92 Å². The molecule has 0 aromatic carbocycles. The summed E-state index contributed by atoms with van der Waals surface area (Å²) in [6.07, 6.45) is 0. The highest BCUT2D eigenvalue weighted by molar-refractivity contribution is 7.30. The van der Waals surface area contributed by atoms with Crippen molar-refractivity contribution in [1.82, 2.24) is 0 Å². The molecule has 0 bridgehead atoms. The molecule has 0 aliphatic rings. The summed E-state index contributed by atoms with van der Waals surface area (Å²) in [5.41, 5.74) is 0. The van der Waals surface area contributed by atoms with E-state index >= 15 is 0 Å². The van der Waals surface area contributed by atoms with Crippen molar-refractivity contribution < 1.29 is 14.4 Å². The van der Waals surface area contributed by atoms with Gasteiger partial charge < -0.3 is 0 Å². The van der Waals surface area contributed by atoms with Gasteiger partial charge in [-0.1, -0.05) is 0 Å². The van der Waals surface area contributed by atoms with Crippen LogP contribution in [-0.4, -0.2) is 9.79 Å². The molecule has 0 aliphatic heterocycles. The number of nitrogens with zero attached hydrogens (tertiary/aromatic N) is 1. The molecule has 2 N–H and O–H groups in total. The molecule has 0 aromatic rings. The van der Waals surface area contributed by atoms with Crippen LogP contribution >= 0.6 is 8.25 Å². The van der Waals surface area contributed by atoms with Gasteiger partial charge in [0.25, 0.3) is 0 Å². The van der Waals surface area contributed by atoms with Crippen LogP contribution in [0, 0.1) is 17.2 Å². The van der Waals surface area contributed by atoms with E-state index in [1.165, 1.54) is 0 Å². The van der Waals surface area contributed by atoms with E-state index in [1.807, 2.05) is 19.9 Å². The van der Waals surface area contributed by atoms with Gasteiger partial charge >= 0.3 is 8.25 Å². The van der Waals surface area contributed by atoms with Gasteiger partial charge in [-0.25, -0.2) is 0 Å². The van der Waals surface area contributed by atoms with Crippen LogP contribution in [-0.2, 0) is 4.57 Å². The second kappa shape index (κ2) is 7.51. The fraction of sp³-hybridized carbons (Fsp3) is 0.750. The molecular formula is C4H9NO3P+. The third kappa shape index (κ3) is 100.0. The molecule has 0 spiro atoms. The molecule has 0 heterocycles. The van der Waals surface area contributed by atoms with E-state index in [9.17, 15) is 0 Å². The van der Waals surface area contributed by atoms with Crippen molar-refractivity contribution >= 4 is 8.25 Å². The minimum atomic E-state index is -2.87. The van der Waals surface area contributed by atoms with Gasteiger partial charge in [0, 0.05) is 10.5 Å². The lowest BCUT2D eigenvalue weighted by Gasteiger charge is -1.75. The van der Waals surface area contributed by atoms with E-state index in [2.05, 4.69) is 0 Å². The second-order valence-electron chi connectivity index (χ2n) is 1.54. The van der Waals surface area contributed by atoms with Crippen LogP contribution in [0.15, 0.2) is 0 Å². The first-order valence-electron chi connectivity index (χ1n) is 2.25. The molecule has 0 amide bonds. The first-order valence-corrected chi connectivity index (χ1v) is 3.41. The molecule has 0 aliphatic carbocycles. The Balaban J connectivity index is 0. The van der Waals surface area contributed by atoms with Gasteiger partial charge in [-0.15, -0.1) is 9.79 Å². The summed E-state index contributed by atoms with van der Waals surface area (Å²) in [5.74, 6) is 0.190. The normalized spacial score (nSPS) is 7.11. The number of rotatable bonds is 0. The minimum Gasteiger partial charge on any atom is -0.198 e. The zero-order valence-electron chi connectivity index (χ0n) is 5.27. The molecule has 0 saturated carbocycles. The van der Waals surface area contributed by atoms with Gasteiger partial charge in [0.1, 0.15) is 0 Å². The summed E-state index contributed by atoms with van der Waals surface area (Å²) >= 11 is 0. The van der Waals surface area contributed by atoms with Crippen molar-refractivity contribution in [2.75, 3.05) is 0 Å². The average Bonchev–Trinajstić information content (AvgIpc) is 1.65. The summed E-state index contributed by atoms with van der Waals surface area (Å²) in [6, 6.07) is 2.03. The Kier molecular flexibility index (Phi) is 9.45. The van der Waals surface area contributed by atoms with Crippen molar-refractivity contribution in [3.05, 3.63) is 0 Å². The fourth-order valence-corrected chi connectivity index (χ4v) is 0. The molecule has 0 saturated heterocycles. The summed E-state index contributed by atoms with van der Waals surface area (Å²) in [7, 11) is -2.87. The zero-order valence-corrected chi connectivity index (χ0v) is 6.17. The van der Waals surface area contributed by atoms with Gasteiger partial charge in [-0.3, -0.25) is 0 Å². The molecule has 0 atom stereocenters. The molecule has 0 radical (unpaired) electrons. The van der Waals surface area contributed by atoms with E-state index in [0.29, 0.717) is 0 Å². The van der Waals surface area contributed by atoms with E-state index in [4.69, 9.17) is 19.6 Å². The maximum Gasteiger partial charge on any atom is 0.692 e. The van der Waals surface area contributed by atoms with E-state index in [-0.39, 0.29) is 5.92 Å². The maximum atomic E-state index is 8.70. The fourth-order valence-electron chi connectivity index (χ4n) is 0. The number of hydrogen-bond acceptors (Lipinski definition) is 2. The van der Waals surface area contributed by atoms with Crippen LogP contribution in [0.3, 0.4) is 0 Å². The first-order chi connectivity index (χ1) is 4.00. The van der Waals surface area contributed by atoms with Gasteiger partial charge in [0.15, 0.2) is 0 Å². The zero-order chi connectivity index (χ0) is 7.86. The Morgan fingerprint density at radius 3 is 1.67 bits per heavy atom. The van der Waals surface area contributed by atoms with Gasteiger partial charge in [-0.2, -0.15) is 5.26 Å². The van der Waals surface area contributed by atoms with E-state index in [0.717, 1.165) is 0 Å². The Bertz CT molecular complexity index is 113. The molecule has 0 aromatic heterocycles. The SMILES string of the molecule is CC(C)C#N.O=[P+](O)O. The van der Waals surface area contributed by atoms with E-state index in [1.54, 1.807) is 0 Å². The third-order valence-corrected chi connectivity index (χ3v) is 0.258. The van der Waals surface area contributed by atoms with Crippen LogP contribution < -0.4 is 0 Å². The van der Waals surface area contributed by atoms with Crippen LogP contribution in [0.4, 0.5) is 0 Å². The maximum absolute atomic E-state index is 8.70. The Labute approximate surface area is 54.7 Å². The predicted molar refractivity (Wildman–Crippen MR) is 32.5 cm³/mol. The summed E-state index contributed by atoms with van der Waals surface area (Å²) in [6.45, 7) is 3.72. The molecular weight excluding hydrogens is 141 g/mol. The Morgan fingerprint density at radius 2 is 1.67 bits per heavy atom. The smallest absolute Gasteiger partial charge is 0.198 e. The quantitative estimate of drug-likeness (QED) is 0.500. The minimum absolute atomic E-state index is 0.190. The molecule has 4 nitrogen and oxygen atoms in total. The first kappa shape index (κ1) is 11.3. The largest absolute Gasteiger partial charge is 0.692 e. The molecule has 0 fully saturated rings. The summed E-state index contributed by atoms with van der Waals surface area (Å²) in [4.78, 5) is 14.2. The predicted octanol–water partition coefficient (Wildman–Crippen LogP) is 0.794. The lowest BCUT2D eigenvalue weighted by atomic mass is 10.3. The average molecular weight is 150 g/mol. The van der Waals surface area contributed by atoms with Crippen LogP contribution in [0.1, 0.15) is 13.8 Å².